The van der Waals surface area contributed by atoms with Crippen LogP contribution in [0.5, 0.6) is 5.88 Å². The topological polar surface area (TPSA) is 70.6 Å². The van der Waals surface area contributed by atoms with Crippen LogP contribution in [-0.4, -0.2) is 53.2 Å². The van der Waals surface area contributed by atoms with Gasteiger partial charge in [-0.05, 0) is 31.2 Å². The maximum absolute atomic E-state index is 12.4. The largest absolute Gasteiger partial charge is 0.474 e. The molecule has 1 aliphatic carbocycles. The first-order chi connectivity index (χ1) is 13.3. The molecule has 0 spiro atoms. The number of hydrogen-bond acceptors (Lipinski definition) is 6. The SMILES string of the molecule is O=C(NCc1ccc(OC2CCCC2)nc1)N1CCN(c2nccs2)CC1. The van der Waals surface area contributed by atoms with E-state index >= 15 is 0 Å². The first kappa shape index (κ1) is 18.0. The Labute approximate surface area is 163 Å². The molecule has 2 aliphatic rings. The summed E-state index contributed by atoms with van der Waals surface area (Å²) in [5.41, 5.74) is 0.976. The van der Waals surface area contributed by atoms with Gasteiger partial charge in [0.05, 0.1) is 0 Å². The lowest BCUT2D eigenvalue weighted by Gasteiger charge is -2.34. The van der Waals surface area contributed by atoms with Crippen LogP contribution in [0.4, 0.5) is 9.93 Å². The molecular weight excluding hydrogens is 362 g/mol. The molecular formula is C19H25N5O2S. The van der Waals surface area contributed by atoms with Gasteiger partial charge in [0.2, 0.25) is 5.88 Å². The van der Waals surface area contributed by atoms with Gasteiger partial charge >= 0.3 is 6.03 Å². The average Bonchev–Trinajstić information content (AvgIpc) is 3.42. The zero-order valence-electron chi connectivity index (χ0n) is 15.3. The van der Waals surface area contributed by atoms with Gasteiger partial charge in [-0.15, -0.1) is 11.3 Å². The van der Waals surface area contributed by atoms with Crippen LogP contribution in [0.15, 0.2) is 29.9 Å². The predicted octanol–water partition coefficient (Wildman–Crippen LogP) is 2.89. The summed E-state index contributed by atoms with van der Waals surface area (Å²) in [6, 6.07) is 3.84. The number of amides is 2. The Morgan fingerprint density at radius 1 is 1.19 bits per heavy atom. The monoisotopic (exact) mass is 387 g/mol. The minimum absolute atomic E-state index is 0.0277. The quantitative estimate of drug-likeness (QED) is 0.854. The molecule has 0 radical (unpaired) electrons. The molecule has 0 atom stereocenters. The number of nitrogens with one attached hydrogen (secondary N) is 1. The van der Waals surface area contributed by atoms with Crippen LogP contribution < -0.4 is 15.0 Å². The molecule has 1 saturated heterocycles. The lowest BCUT2D eigenvalue weighted by molar-refractivity contribution is 0.194. The van der Waals surface area contributed by atoms with E-state index in [9.17, 15) is 4.79 Å². The van der Waals surface area contributed by atoms with Crippen LogP contribution >= 0.6 is 11.3 Å². The molecule has 2 amide bonds. The van der Waals surface area contributed by atoms with Gasteiger partial charge in [-0.3, -0.25) is 0 Å². The molecule has 7 nitrogen and oxygen atoms in total. The Morgan fingerprint density at radius 2 is 2.00 bits per heavy atom. The highest BCUT2D eigenvalue weighted by atomic mass is 32.1. The van der Waals surface area contributed by atoms with Crippen molar-refractivity contribution in [3.63, 3.8) is 0 Å². The number of pyridine rings is 1. The summed E-state index contributed by atoms with van der Waals surface area (Å²) in [5.74, 6) is 0.676. The molecule has 2 fully saturated rings. The Hall–Kier alpha value is -2.35. The van der Waals surface area contributed by atoms with Gasteiger partial charge in [0.15, 0.2) is 5.13 Å². The zero-order valence-corrected chi connectivity index (χ0v) is 16.2. The van der Waals surface area contributed by atoms with Gasteiger partial charge in [0.25, 0.3) is 0 Å². The summed E-state index contributed by atoms with van der Waals surface area (Å²) >= 11 is 1.64. The number of rotatable bonds is 5. The van der Waals surface area contributed by atoms with Crippen molar-refractivity contribution in [1.29, 1.82) is 0 Å². The number of carbonyl (C=O) groups excluding carboxylic acids is 1. The van der Waals surface area contributed by atoms with Gasteiger partial charge in [0, 0.05) is 56.6 Å². The number of anilines is 1. The second kappa shape index (κ2) is 8.56. The molecule has 8 heteroatoms. The molecule has 4 rings (SSSR count). The highest BCUT2D eigenvalue weighted by Crippen LogP contribution is 2.23. The molecule has 1 aliphatic heterocycles. The summed E-state index contributed by atoms with van der Waals surface area (Å²) in [7, 11) is 0. The molecule has 0 unspecified atom stereocenters. The smallest absolute Gasteiger partial charge is 0.317 e. The van der Waals surface area contributed by atoms with E-state index in [-0.39, 0.29) is 6.03 Å². The molecule has 0 bridgehead atoms. The molecule has 3 heterocycles. The third kappa shape index (κ3) is 4.68. The van der Waals surface area contributed by atoms with Crippen LogP contribution in [0.1, 0.15) is 31.2 Å². The van der Waals surface area contributed by atoms with Gasteiger partial charge in [-0.25, -0.2) is 14.8 Å². The third-order valence-corrected chi connectivity index (χ3v) is 5.92. The summed E-state index contributed by atoms with van der Waals surface area (Å²) in [4.78, 5) is 25.2. The number of hydrogen-bond donors (Lipinski definition) is 1. The molecule has 2 aromatic rings. The second-order valence-electron chi connectivity index (χ2n) is 6.98. The van der Waals surface area contributed by atoms with Crippen molar-refractivity contribution in [2.24, 2.45) is 0 Å². The van der Waals surface area contributed by atoms with Crippen LogP contribution in [0.25, 0.3) is 0 Å². The Kier molecular flexibility index (Phi) is 5.72. The summed E-state index contributed by atoms with van der Waals surface area (Å²) in [5, 5.41) is 5.99. The minimum Gasteiger partial charge on any atom is -0.474 e. The van der Waals surface area contributed by atoms with Gasteiger partial charge in [0.1, 0.15) is 6.10 Å². The van der Waals surface area contributed by atoms with Crippen molar-refractivity contribution in [3.05, 3.63) is 35.5 Å². The molecule has 1 N–H and O–H groups in total. The van der Waals surface area contributed by atoms with E-state index in [1.165, 1.54) is 12.8 Å². The Bertz CT molecular complexity index is 723. The lowest BCUT2D eigenvalue weighted by atomic mass is 10.3. The number of urea groups is 1. The summed E-state index contributed by atoms with van der Waals surface area (Å²) in [6.45, 7) is 3.52. The normalized spacial score (nSPS) is 17.9. The van der Waals surface area contributed by atoms with E-state index in [4.69, 9.17) is 4.74 Å². The standard InChI is InChI=1S/C19H25N5O2S/c25-18(23-8-10-24(11-9-23)19-20-7-12-27-19)22-14-15-5-6-17(21-13-15)26-16-3-1-2-4-16/h5-7,12-13,16H,1-4,8-11,14H2,(H,22,25). The number of thiazole rings is 1. The van der Waals surface area contributed by atoms with E-state index < -0.39 is 0 Å². The van der Waals surface area contributed by atoms with Gasteiger partial charge < -0.3 is 19.9 Å². The van der Waals surface area contributed by atoms with E-state index in [0.29, 0.717) is 31.6 Å². The number of aromatic nitrogens is 2. The predicted molar refractivity (Wildman–Crippen MR) is 105 cm³/mol. The number of piperazine rings is 1. The number of nitrogens with zero attached hydrogens (tertiary/aromatic N) is 4. The van der Waals surface area contributed by atoms with Crippen LogP contribution in [0.3, 0.4) is 0 Å². The van der Waals surface area contributed by atoms with Crippen molar-refractivity contribution in [3.8, 4) is 5.88 Å². The average molecular weight is 388 g/mol. The maximum Gasteiger partial charge on any atom is 0.317 e. The van der Waals surface area contributed by atoms with E-state index in [2.05, 4.69) is 20.2 Å². The zero-order chi connectivity index (χ0) is 18.5. The highest BCUT2D eigenvalue weighted by Gasteiger charge is 2.22. The first-order valence-corrected chi connectivity index (χ1v) is 10.4. The molecule has 2 aromatic heterocycles. The van der Waals surface area contributed by atoms with Crippen LogP contribution in [-0.2, 0) is 6.54 Å². The van der Waals surface area contributed by atoms with Crippen molar-refractivity contribution in [2.75, 3.05) is 31.1 Å². The van der Waals surface area contributed by atoms with Crippen molar-refractivity contribution in [1.82, 2.24) is 20.2 Å². The molecule has 1 saturated carbocycles. The highest BCUT2D eigenvalue weighted by molar-refractivity contribution is 7.13. The lowest BCUT2D eigenvalue weighted by Crippen LogP contribution is -2.51. The second-order valence-corrected chi connectivity index (χ2v) is 7.85. The molecule has 0 aromatic carbocycles. The fourth-order valence-electron chi connectivity index (χ4n) is 3.52. The first-order valence-electron chi connectivity index (χ1n) is 9.57. The number of ether oxygens (including phenoxy) is 1. The molecule has 27 heavy (non-hydrogen) atoms. The summed E-state index contributed by atoms with van der Waals surface area (Å²) in [6.07, 6.45) is 8.64. The third-order valence-electron chi connectivity index (χ3n) is 5.09. The van der Waals surface area contributed by atoms with Crippen molar-refractivity contribution >= 4 is 22.5 Å². The Balaban J connectivity index is 1.21. The number of carbonyl (C=O) groups is 1. The van der Waals surface area contributed by atoms with Crippen LogP contribution in [0, 0.1) is 0 Å². The van der Waals surface area contributed by atoms with Crippen molar-refractivity contribution in [2.45, 2.75) is 38.3 Å². The maximum atomic E-state index is 12.4. The van der Waals surface area contributed by atoms with E-state index in [1.807, 2.05) is 28.6 Å². The fourth-order valence-corrected chi connectivity index (χ4v) is 4.22. The van der Waals surface area contributed by atoms with Crippen molar-refractivity contribution < 1.29 is 9.53 Å². The Morgan fingerprint density at radius 3 is 2.67 bits per heavy atom. The fraction of sp³-hybridized carbons (Fsp3) is 0.526. The summed E-state index contributed by atoms with van der Waals surface area (Å²) < 4.78 is 5.88. The molecule has 144 valence electrons. The minimum atomic E-state index is -0.0277. The van der Waals surface area contributed by atoms with Gasteiger partial charge in [-0.1, -0.05) is 6.07 Å². The van der Waals surface area contributed by atoms with Gasteiger partial charge in [-0.2, -0.15) is 0 Å². The van der Waals surface area contributed by atoms with Crippen LogP contribution in [0.2, 0.25) is 0 Å². The van der Waals surface area contributed by atoms with E-state index in [1.54, 1.807) is 17.5 Å². The van der Waals surface area contributed by atoms with E-state index in [0.717, 1.165) is 36.6 Å².